The lowest BCUT2D eigenvalue weighted by Crippen LogP contribution is -2.39. The molecule has 0 unspecified atom stereocenters. The SMILES string of the molecule is Cc1ccc2ncccc2c1NC(=O)CC1CCN(C(=O)c2cccc(Cn3ccnc3)c2)CC1. The van der Waals surface area contributed by atoms with E-state index in [0.29, 0.717) is 31.6 Å². The van der Waals surface area contributed by atoms with Crippen LogP contribution in [0, 0.1) is 12.8 Å². The number of anilines is 1. The molecule has 0 bridgehead atoms. The second kappa shape index (κ2) is 10.1. The summed E-state index contributed by atoms with van der Waals surface area (Å²) < 4.78 is 1.98. The van der Waals surface area contributed by atoms with Crippen molar-refractivity contribution in [2.45, 2.75) is 32.7 Å². The molecule has 4 aromatic rings. The minimum absolute atomic E-state index is 0.0152. The number of benzene rings is 2. The van der Waals surface area contributed by atoms with Crippen LogP contribution >= 0.6 is 0 Å². The molecule has 2 aromatic heterocycles. The van der Waals surface area contributed by atoms with Crippen molar-refractivity contribution in [1.82, 2.24) is 19.4 Å². The molecule has 2 amide bonds. The Kier molecular flexibility index (Phi) is 6.57. The molecule has 3 heterocycles. The van der Waals surface area contributed by atoms with E-state index in [-0.39, 0.29) is 17.7 Å². The molecule has 1 fully saturated rings. The number of hydrogen-bond donors (Lipinski definition) is 1. The topological polar surface area (TPSA) is 80.1 Å². The van der Waals surface area contributed by atoms with Crippen molar-refractivity contribution >= 4 is 28.4 Å². The van der Waals surface area contributed by atoms with E-state index in [1.165, 1.54) is 0 Å². The first kappa shape index (κ1) is 22.8. The summed E-state index contributed by atoms with van der Waals surface area (Å²) in [6, 6.07) is 15.6. The molecule has 2 aromatic carbocycles. The number of amides is 2. The van der Waals surface area contributed by atoms with Gasteiger partial charge in [-0.05, 0) is 67.1 Å². The van der Waals surface area contributed by atoms with Crippen molar-refractivity contribution in [2.24, 2.45) is 5.92 Å². The van der Waals surface area contributed by atoms with Crippen LogP contribution in [0.25, 0.3) is 10.9 Å². The van der Waals surface area contributed by atoms with Gasteiger partial charge in [0.05, 0.1) is 17.5 Å². The monoisotopic (exact) mass is 467 g/mol. The van der Waals surface area contributed by atoms with E-state index in [9.17, 15) is 9.59 Å². The fourth-order valence-corrected chi connectivity index (χ4v) is 4.80. The Morgan fingerprint density at radius 3 is 2.71 bits per heavy atom. The van der Waals surface area contributed by atoms with E-state index in [1.54, 1.807) is 18.7 Å². The molecule has 1 aliphatic heterocycles. The maximum Gasteiger partial charge on any atom is 0.253 e. The molecule has 178 valence electrons. The average Bonchev–Trinajstić information content (AvgIpc) is 3.39. The smallest absolute Gasteiger partial charge is 0.253 e. The number of pyridine rings is 1. The normalized spacial score (nSPS) is 14.3. The fourth-order valence-electron chi connectivity index (χ4n) is 4.80. The van der Waals surface area contributed by atoms with Gasteiger partial charge >= 0.3 is 0 Å². The second-order valence-corrected chi connectivity index (χ2v) is 9.25. The molecule has 5 rings (SSSR count). The van der Waals surface area contributed by atoms with E-state index >= 15 is 0 Å². The quantitative estimate of drug-likeness (QED) is 0.447. The van der Waals surface area contributed by atoms with Gasteiger partial charge in [0.15, 0.2) is 0 Å². The van der Waals surface area contributed by atoms with Crippen molar-refractivity contribution < 1.29 is 9.59 Å². The first-order valence-electron chi connectivity index (χ1n) is 12.0. The van der Waals surface area contributed by atoms with Crippen molar-refractivity contribution in [3.8, 4) is 0 Å². The zero-order chi connectivity index (χ0) is 24.2. The summed E-state index contributed by atoms with van der Waals surface area (Å²) in [6.07, 6.45) is 9.29. The third kappa shape index (κ3) is 5.24. The van der Waals surface area contributed by atoms with E-state index in [4.69, 9.17) is 0 Å². The van der Waals surface area contributed by atoms with Gasteiger partial charge in [0.1, 0.15) is 0 Å². The number of likely N-dealkylation sites (tertiary alicyclic amines) is 1. The summed E-state index contributed by atoms with van der Waals surface area (Å²) >= 11 is 0. The van der Waals surface area contributed by atoms with Crippen LogP contribution in [0.1, 0.15) is 40.7 Å². The predicted molar refractivity (Wildman–Crippen MR) is 136 cm³/mol. The van der Waals surface area contributed by atoms with Gasteiger partial charge in [-0.1, -0.05) is 18.2 Å². The number of carbonyl (C=O) groups is 2. The number of carbonyl (C=O) groups excluding carboxylic acids is 2. The van der Waals surface area contributed by atoms with Gasteiger partial charge in [0.2, 0.25) is 5.91 Å². The lowest BCUT2D eigenvalue weighted by atomic mass is 9.92. The molecule has 1 aliphatic rings. The van der Waals surface area contributed by atoms with Crippen LogP contribution in [-0.2, 0) is 11.3 Å². The number of fused-ring (bicyclic) bond motifs is 1. The molecule has 0 radical (unpaired) electrons. The largest absolute Gasteiger partial charge is 0.339 e. The van der Waals surface area contributed by atoms with E-state index < -0.39 is 0 Å². The Bertz CT molecular complexity index is 1340. The number of nitrogens with zero attached hydrogens (tertiary/aromatic N) is 4. The molecule has 35 heavy (non-hydrogen) atoms. The second-order valence-electron chi connectivity index (χ2n) is 9.25. The van der Waals surface area contributed by atoms with E-state index in [2.05, 4.69) is 15.3 Å². The number of aromatic nitrogens is 3. The van der Waals surface area contributed by atoms with E-state index in [0.717, 1.165) is 40.6 Å². The van der Waals surface area contributed by atoms with Crippen molar-refractivity contribution in [3.05, 3.63) is 90.1 Å². The summed E-state index contributed by atoms with van der Waals surface area (Å²) in [5, 5.41) is 4.07. The van der Waals surface area contributed by atoms with Gasteiger partial charge in [-0.15, -0.1) is 0 Å². The first-order chi connectivity index (χ1) is 17.1. The van der Waals surface area contributed by atoms with Crippen molar-refractivity contribution in [1.29, 1.82) is 0 Å². The highest BCUT2D eigenvalue weighted by atomic mass is 16.2. The minimum atomic E-state index is 0.0152. The number of nitrogens with one attached hydrogen (secondary N) is 1. The highest BCUT2D eigenvalue weighted by Crippen LogP contribution is 2.27. The lowest BCUT2D eigenvalue weighted by molar-refractivity contribution is -0.117. The van der Waals surface area contributed by atoms with Crippen LogP contribution in [0.2, 0.25) is 0 Å². The molecule has 7 heteroatoms. The van der Waals surface area contributed by atoms with Crippen LogP contribution < -0.4 is 5.32 Å². The molecule has 0 spiro atoms. The number of aryl methyl sites for hydroxylation is 1. The number of imidazole rings is 1. The molecule has 1 saturated heterocycles. The van der Waals surface area contributed by atoms with Gasteiger partial charge in [0.25, 0.3) is 5.91 Å². The molecular weight excluding hydrogens is 438 g/mol. The Labute approximate surface area is 204 Å². The van der Waals surface area contributed by atoms with Gasteiger partial charge < -0.3 is 14.8 Å². The molecule has 7 nitrogen and oxygen atoms in total. The number of piperidine rings is 1. The maximum absolute atomic E-state index is 13.1. The molecule has 0 aliphatic carbocycles. The summed E-state index contributed by atoms with van der Waals surface area (Å²) in [6.45, 7) is 4.01. The Hall–Kier alpha value is -4.00. The van der Waals surface area contributed by atoms with Gasteiger partial charge in [-0.25, -0.2) is 4.98 Å². The first-order valence-corrected chi connectivity index (χ1v) is 12.0. The van der Waals surface area contributed by atoms with E-state index in [1.807, 2.05) is 71.1 Å². The van der Waals surface area contributed by atoms with Crippen LogP contribution in [-0.4, -0.2) is 44.3 Å². The standard InChI is InChI=1S/C28H29N5O2/c1-20-7-8-25-24(6-3-11-30-25)27(20)31-26(34)17-21-9-13-33(14-10-21)28(35)23-5-2-4-22(16-23)18-32-15-12-29-19-32/h2-8,11-12,15-16,19,21H,9-10,13-14,17-18H2,1H3,(H,31,34). The molecule has 0 atom stereocenters. The molecule has 1 N–H and O–H groups in total. The minimum Gasteiger partial charge on any atom is -0.339 e. The Balaban J connectivity index is 1.16. The summed E-state index contributed by atoms with van der Waals surface area (Å²) in [5.41, 5.74) is 4.51. The summed E-state index contributed by atoms with van der Waals surface area (Å²) in [7, 11) is 0. The predicted octanol–water partition coefficient (Wildman–Crippen LogP) is 4.67. The number of hydrogen-bond acceptors (Lipinski definition) is 4. The van der Waals surface area contributed by atoms with Gasteiger partial charge in [0, 0.05) is 55.6 Å². The lowest BCUT2D eigenvalue weighted by Gasteiger charge is -2.32. The Morgan fingerprint density at radius 1 is 1.06 bits per heavy atom. The van der Waals surface area contributed by atoms with Gasteiger partial charge in [-0.3, -0.25) is 14.6 Å². The zero-order valence-electron chi connectivity index (χ0n) is 19.9. The average molecular weight is 468 g/mol. The van der Waals surface area contributed by atoms with Crippen LogP contribution in [0.15, 0.2) is 73.4 Å². The third-order valence-corrected chi connectivity index (χ3v) is 6.73. The number of rotatable bonds is 6. The summed E-state index contributed by atoms with van der Waals surface area (Å²) in [5.74, 6) is 0.334. The third-order valence-electron chi connectivity index (χ3n) is 6.73. The van der Waals surface area contributed by atoms with Crippen molar-refractivity contribution in [2.75, 3.05) is 18.4 Å². The maximum atomic E-state index is 13.1. The molecular formula is C28H29N5O2. The van der Waals surface area contributed by atoms with Crippen LogP contribution in [0.3, 0.4) is 0 Å². The Morgan fingerprint density at radius 2 is 1.91 bits per heavy atom. The van der Waals surface area contributed by atoms with Crippen LogP contribution in [0.5, 0.6) is 0 Å². The highest BCUT2D eigenvalue weighted by molar-refractivity contribution is 6.02. The van der Waals surface area contributed by atoms with Gasteiger partial charge in [-0.2, -0.15) is 0 Å². The fraction of sp³-hybridized carbons (Fsp3) is 0.286. The molecule has 0 saturated carbocycles. The van der Waals surface area contributed by atoms with Crippen molar-refractivity contribution in [3.63, 3.8) is 0 Å². The zero-order valence-corrected chi connectivity index (χ0v) is 19.9. The highest BCUT2D eigenvalue weighted by Gasteiger charge is 2.25. The summed E-state index contributed by atoms with van der Waals surface area (Å²) in [4.78, 5) is 36.3. The van der Waals surface area contributed by atoms with Crippen LogP contribution in [0.4, 0.5) is 5.69 Å².